The molecule has 2 aliphatic rings. The monoisotopic (exact) mass is 469 g/mol. The molecule has 0 atom stereocenters. The van der Waals surface area contributed by atoms with Crippen LogP contribution in [-0.4, -0.2) is 63.3 Å². The molecule has 10 heteroatoms. The van der Waals surface area contributed by atoms with E-state index in [9.17, 15) is 14.9 Å². The number of pyridine rings is 1. The molecule has 0 saturated carbocycles. The topological polar surface area (TPSA) is 101 Å². The molecule has 1 N–H and O–H groups in total. The zero-order chi connectivity index (χ0) is 23.6. The van der Waals surface area contributed by atoms with E-state index in [-0.39, 0.29) is 11.6 Å². The van der Waals surface area contributed by atoms with E-state index in [1.54, 1.807) is 12.1 Å². The minimum absolute atomic E-state index is 0.00769. The van der Waals surface area contributed by atoms with Gasteiger partial charge in [0.1, 0.15) is 11.6 Å². The van der Waals surface area contributed by atoms with Gasteiger partial charge in [-0.25, -0.2) is 4.98 Å². The summed E-state index contributed by atoms with van der Waals surface area (Å²) in [6.07, 6.45) is 0. The first-order valence-corrected chi connectivity index (χ1v) is 14.8. The van der Waals surface area contributed by atoms with Crippen molar-refractivity contribution in [1.29, 1.82) is 0 Å². The summed E-state index contributed by atoms with van der Waals surface area (Å²) < 4.78 is 5.43. The van der Waals surface area contributed by atoms with Gasteiger partial charge in [-0.15, -0.1) is 0 Å². The van der Waals surface area contributed by atoms with Crippen LogP contribution in [0.5, 0.6) is 0 Å². The van der Waals surface area contributed by atoms with Gasteiger partial charge in [-0.3, -0.25) is 14.9 Å². The summed E-state index contributed by atoms with van der Waals surface area (Å²) >= 11 is 0. The van der Waals surface area contributed by atoms with Gasteiger partial charge in [-0.1, -0.05) is 19.2 Å². The molecule has 4 rings (SSSR count). The van der Waals surface area contributed by atoms with Gasteiger partial charge < -0.3 is 19.9 Å². The number of aromatic nitrogens is 1. The molecule has 0 unspecified atom stereocenters. The summed E-state index contributed by atoms with van der Waals surface area (Å²) in [5, 5.41) is 14.3. The molecular weight excluding hydrogens is 438 g/mol. The van der Waals surface area contributed by atoms with Gasteiger partial charge in [0, 0.05) is 38.3 Å². The van der Waals surface area contributed by atoms with Gasteiger partial charge in [-0.2, -0.15) is 0 Å². The highest BCUT2D eigenvalue weighted by Crippen LogP contribution is 2.32. The SMILES string of the molecule is Cc1ccc(NC(=O)c2ccc([N+](=O)[O-])cc2N2CC[Si](C)(C)CC2)nc1N1CCOCC1. The summed E-state index contributed by atoms with van der Waals surface area (Å²) in [5.74, 6) is 0.984. The van der Waals surface area contributed by atoms with Gasteiger partial charge >= 0.3 is 0 Å². The molecule has 176 valence electrons. The number of nitro benzene ring substituents is 1. The van der Waals surface area contributed by atoms with Crippen molar-refractivity contribution in [2.24, 2.45) is 0 Å². The van der Waals surface area contributed by atoms with Crippen molar-refractivity contribution >= 4 is 37.0 Å². The third-order valence-electron chi connectivity index (χ3n) is 6.52. The van der Waals surface area contributed by atoms with E-state index in [0.717, 1.165) is 49.6 Å². The summed E-state index contributed by atoms with van der Waals surface area (Å²) in [4.78, 5) is 33.2. The molecule has 2 saturated heterocycles. The number of nitrogens with one attached hydrogen (secondary N) is 1. The summed E-state index contributed by atoms with van der Waals surface area (Å²) in [5.41, 5.74) is 2.07. The Hall–Kier alpha value is -2.98. The molecule has 1 amide bonds. The second kappa shape index (κ2) is 9.48. The van der Waals surface area contributed by atoms with Crippen molar-refractivity contribution in [3.8, 4) is 0 Å². The summed E-state index contributed by atoms with van der Waals surface area (Å²) in [6.45, 7) is 11.2. The number of hydrogen-bond acceptors (Lipinski definition) is 7. The zero-order valence-corrected chi connectivity index (χ0v) is 20.5. The lowest BCUT2D eigenvalue weighted by Crippen LogP contribution is -2.43. The average Bonchev–Trinajstić information content (AvgIpc) is 2.80. The molecule has 3 heterocycles. The number of anilines is 3. The average molecular weight is 470 g/mol. The second-order valence-electron chi connectivity index (χ2n) is 9.50. The van der Waals surface area contributed by atoms with E-state index >= 15 is 0 Å². The lowest BCUT2D eigenvalue weighted by Gasteiger charge is -2.37. The Kier molecular flexibility index (Phi) is 6.66. The Morgan fingerprint density at radius 1 is 1.09 bits per heavy atom. The van der Waals surface area contributed by atoms with E-state index in [2.05, 4.69) is 28.2 Å². The number of carbonyl (C=O) groups excluding carboxylic acids is 1. The fraction of sp³-hybridized carbons (Fsp3) is 0.478. The van der Waals surface area contributed by atoms with Gasteiger partial charge in [-0.05, 0) is 36.7 Å². The molecule has 1 aromatic heterocycles. The number of nitrogens with zero attached hydrogens (tertiary/aromatic N) is 4. The molecule has 33 heavy (non-hydrogen) atoms. The summed E-state index contributed by atoms with van der Waals surface area (Å²) in [6, 6.07) is 10.4. The maximum absolute atomic E-state index is 13.3. The molecule has 0 bridgehead atoms. The predicted octanol–water partition coefficient (Wildman–Crippen LogP) is 3.92. The molecule has 9 nitrogen and oxygen atoms in total. The second-order valence-corrected chi connectivity index (χ2v) is 14.8. The highest BCUT2D eigenvalue weighted by atomic mass is 28.3. The zero-order valence-electron chi connectivity index (χ0n) is 19.5. The Balaban J connectivity index is 1.60. The van der Waals surface area contributed by atoms with Crippen LogP contribution in [0.25, 0.3) is 0 Å². The Morgan fingerprint density at radius 3 is 2.45 bits per heavy atom. The van der Waals surface area contributed by atoms with Crippen LogP contribution in [0.1, 0.15) is 15.9 Å². The Bertz CT molecular complexity index is 1050. The van der Waals surface area contributed by atoms with Crippen molar-refractivity contribution in [2.75, 3.05) is 54.5 Å². The van der Waals surface area contributed by atoms with Crippen LogP contribution < -0.4 is 15.1 Å². The Morgan fingerprint density at radius 2 is 1.79 bits per heavy atom. The van der Waals surface area contributed by atoms with Crippen LogP contribution in [0.15, 0.2) is 30.3 Å². The van der Waals surface area contributed by atoms with Crippen LogP contribution in [0.4, 0.5) is 23.0 Å². The summed E-state index contributed by atoms with van der Waals surface area (Å²) in [7, 11) is -1.23. The van der Waals surface area contributed by atoms with Crippen molar-refractivity contribution in [3.05, 3.63) is 51.6 Å². The number of aryl methyl sites for hydroxylation is 1. The first kappa shape index (κ1) is 23.2. The number of hydrogen-bond donors (Lipinski definition) is 1. The van der Waals surface area contributed by atoms with E-state index in [4.69, 9.17) is 9.72 Å². The lowest BCUT2D eigenvalue weighted by molar-refractivity contribution is -0.384. The number of rotatable bonds is 5. The molecule has 2 aromatic rings. The van der Waals surface area contributed by atoms with Gasteiger partial charge in [0.05, 0.1) is 37.5 Å². The standard InChI is InChI=1S/C23H31N5O4Si/c1-17-4-7-21(24-22(17)27-8-12-32-13-9-27)25-23(29)19-6-5-18(28(30)31)16-20(19)26-10-14-33(2,3)15-11-26/h4-7,16H,8-15H2,1-3H3,(H,24,25,29). The molecule has 0 aliphatic carbocycles. The highest BCUT2D eigenvalue weighted by Gasteiger charge is 2.30. The van der Waals surface area contributed by atoms with Gasteiger partial charge in [0.25, 0.3) is 11.6 Å². The molecule has 1 aromatic carbocycles. The van der Waals surface area contributed by atoms with Crippen LogP contribution in [0.3, 0.4) is 0 Å². The lowest BCUT2D eigenvalue weighted by atomic mass is 10.1. The number of amides is 1. The molecule has 2 aliphatic heterocycles. The molecule has 0 radical (unpaired) electrons. The first-order chi connectivity index (χ1) is 15.7. The quantitative estimate of drug-likeness (QED) is 0.402. The highest BCUT2D eigenvalue weighted by molar-refractivity contribution is 6.77. The van der Waals surface area contributed by atoms with E-state index in [1.807, 2.05) is 13.0 Å². The number of morpholine rings is 1. The first-order valence-electron chi connectivity index (χ1n) is 11.4. The van der Waals surface area contributed by atoms with Crippen LogP contribution >= 0.6 is 0 Å². The molecular formula is C23H31N5O4Si. The maximum atomic E-state index is 13.3. The van der Waals surface area contributed by atoms with Crippen molar-refractivity contribution in [2.45, 2.75) is 32.1 Å². The van der Waals surface area contributed by atoms with Crippen molar-refractivity contribution in [1.82, 2.24) is 4.98 Å². The number of carbonyl (C=O) groups is 1. The smallest absolute Gasteiger partial charge is 0.271 e. The molecule has 0 spiro atoms. The van der Waals surface area contributed by atoms with Crippen molar-refractivity contribution < 1.29 is 14.5 Å². The van der Waals surface area contributed by atoms with E-state index in [0.29, 0.717) is 30.3 Å². The fourth-order valence-corrected chi connectivity index (χ4v) is 6.31. The number of benzene rings is 1. The van der Waals surface area contributed by atoms with Gasteiger partial charge in [0.2, 0.25) is 0 Å². The number of ether oxygens (including phenoxy) is 1. The predicted molar refractivity (Wildman–Crippen MR) is 132 cm³/mol. The number of nitro groups is 1. The maximum Gasteiger partial charge on any atom is 0.271 e. The van der Waals surface area contributed by atoms with Crippen LogP contribution in [0.2, 0.25) is 25.2 Å². The normalized spacial score (nSPS) is 18.2. The van der Waals surface area contributed by atoms with Crippen molar-refractivity contribution in [3.63, 3.8) is 0 Å². The minimum Gasteiger partial charge on any atom is -0.378 e. The molecule has 2 fully saturated rings. The third kappa shape index (κ3) is 5.33. The van der Waals surface area contributed by atoms with Gasteiger partial charge in [0.15, 0.2) is 0 Å². The van der Waals surface area contributed by atoms with E-state index < -0.39 is 13.0 Å². The number of non-ortho nitro benzene ring substituents is 1. The third-order valence-corrected chi connectivity index (χ3v) is 9.67. The van der Waals surface area contributed by atoms with E-state index in [1.165, 1.54) is 12.1 Å². The van der Waals surface area contributed by atoms with Crippen LogP contribution in [-0.2, 0) is 4.74 Å². The van der Waals surface area contributed by atoms with Crippen LogP contribution in [0, 0.1) is 17.0 Å². The minimum atomic E-state index is -1.23. The fourth-order valence-electron chi connectivity index (χ4n) is 4.31. The largest absolute Gasteiger partial charge is 0.378 e. The Labute approximate surface area is 194 Å².